The molecule has 0 fully saturated rings. The lowest BCUT2D eigenvalue weighted by molar-refractivity contribution is 0.0666. The largest absolute Gasteiger partial charge is 0.475 e. The molecule has 7 heteroatoms. The monoisotopic (exact) mass is 414 g/mol. The lowest BCUT2D eigenvalue weighted by Crippen LogP contribution is -2.00. The molecule has 0 atom stereocenters. The van der Waals surface area contributed by atoms with Crippen LogP contribution in [0.1, 0.15) is 10.6 Å². The topological polar surface area (TPSA) is 75.4 Å². The first-order valence-corrected chi connectivity index (χ1v) is 7.34. The van der Waals surface area contributed by atoms with Crippen molar-refractivity contribution in [3.63, 3.8) is 0 Å². The van der Waals surface area contributed by atoms with Crippen molar-refractivity contribution in [3.8, 4) is 0 Å². The van der Waals surface area contributed by atoms with Crippen LogP contribution in [0, 0.1) is 3.57 Å². The molecule has 2 aromatic heterocycles. The average Bonchev–Trinajstić information content (AvgIpc) is 2.81. The number of carboxylic acids is 1. The highest BCUT2D eigenvalue weighted by molar-refractivity contribution is 14.1. The van der Waals surface area contributed by atoms with Crippen LogP contribution in [0.3, 0.4) is 0 Å². The molecule has 0 amide bonds. The van der Waals surface area contributed by atoms with Crippen molar-refractivity contribution in [2.75, 3.05) is 5.32 Å². The predicted molar refractivity (Wildman–Crippen MR) is 88.4 cm³/mol. The fraction of sp³-hybridized carbons (Fsp3) is 0. The number of carboxylic acid groups (broad SMARTS) is 1. The number of anilines is 2. The number of aromatic carboxylic acids is 1. The lowest BCUT2D eigenvalue weighted by Gasteiger charge is -2.08. The maximum Gasteiger partial charge on any atom is 0.374 e. The van der Waals surface area contributed by atoms with Crippen LogP contribution in [-0.4, -0.2) is 16.1 Å². The van der Waals surface area contributed by atoms with Crippen LogP contribution in [0.4, 0.5) is 11.4 Å². The number of hydrogen-bond donors (Lipinski definition) is 2. The summed E-state index contributed by atoms with van der Waals surface area (Å²) >= 11 is 8.32. The number of hydrogen-bond acceptors (Lipinski definition) is 4. The van der Waals surface area contributed by atoms with Crippen LogP contribution in [-0.2, 0) is 0 Å². The minimum absolute atomic E-state index is 0.174. The van der Waals surface area contributed by atoms with Crippen LogP contribution in [0.5, 0.6) is 0 Å². The van der Waals surface area contributed by atoms with Crippen LogP contribution in [0.25, 0.3) is 11.0 Å². The van der Waals surface area contributed by atoms with E-state index in [9.17, 15) is 9.90 Å². The number of fused-ring (bicyclic) bond motifs is 1. The van der Waals surface area contributed by atoms with Crippen molar-refractivity contribution >= 4 is 62.5 Å². The number of pyridine rings is 1. The first-order chi connectivity index (χ1) is 10.1. The molecule has 106 valence electrons. The van der Waals surface area contributed by atoms with Gasteiger partial charge in [-0.1, -0.05) is 11.6 Å². The molecule has 0 saturated heterocycles. The smallest absolute Gasteiger partial charge is 0.374 e. The van der Waals surface area contributed by atoms with E-state index in [1.165, 1.54) is 0 Å². The molecule has 0 unspecified atom stereocenters. The van der Waals surface area contributed by atoms with E-state index in [2.05, 4.69) is 32.9 Å². The van der Waals surface area contributed by atoms with Crippen molar-refractivity contribution in [2.24, 2.45) is 0 Å². The summed E-state index contributed by atoms with van der Waals surface area (Å²) in [5.74, 6) is -1.33. The van der Waals surface area contributed by atoms with Crippen LogP contribution >= 0.6 is 34.2 Å². The Balaban J connectivity index is 2.14. The Morgan fingerprint density at radius 2 is 2.19 bits per heavy atom. The van der Waals surface area contributed by atoms with Crippen molar-refractivity contribution in [1.82, 2.24) is 4.98 Å². The molecule has 21 heavy (non-hydrogen) atoms. The summed E-state index contributed by atoms with van der Waals surface area (Å²) in [5.41, 5.74) is 1.39. The Hall–Kier alpha value is -1.80. The van der Waals surface area contributed by atoms with Gasteiger partial charge in [-0.15, -0.1) is 0 Å². The number of rotatable bonds is 3. The minimum atomic E-state index is -1.16. The third-order valence-corrected chi connectivity index (χ3v) is 3.86. The number of nitrogens with one attached hydrogen (secondary N) is 1. The number of carbonyl (C=O) groups is 1. The molecule has 5 nitrogen and oxygen atoms in total. The van der Waals surface area contributed by atoms with E-state index >= 15 is 0 Å². The fourth-order valence-electron chi connectivity index (χ4n) is 1.94. The van der Waals surface area contributed by atoms with Crippen molar-refractivity contribution in [1.29, 1.82) is 0 Å². The summed E-state index contributed by atoms with van der Waals surface area (Å²) in [6, 6.07) is 7.05. The summed E-state index contributed by atoms with van der Waals surface area (Å²) in [6.07, 6.45) is 3.09. The normalized spacial score (nSPS) is 10.8. The van der Waals surface area contributed by atoms with Crippen molar-refractivity contribution < 1.29 is 14.3 Å². The predicted octanol–water partition coefficient (Wildman–Crippen LogP) is 4.53. The first kappa shape index (κ1) is 14.2. The Kier molecular flexibility index (Phi) is 3.73. The maximum atomic E-state index is 11.3. The van der Waals surface area contributed by atoms with E-state index in [1.807, 2.05) is 6.07 Å². The second-order valence-electron chi connectivity index (χ2n) is 4.23. The highest BCUT2D eigenvalue weighted by Crippen LogP contribution is 2.35. The molecule has 0 radical (unpaired) electrons. The van der Waals surface area contributed by atoms with E-state index in [0.717, 1.165) is 3.57 Å². The molecule has 0 aliphatic heterocycles. The summed E-state index contributed by atoms with van der Waals surface area (Å²) in [7, 11) is 0. The molecule has 0 aliphatic rings. The summed E-state index contributed by atoms with van der Waals surface area (Å²) in [4.78, 5) is 15.3. The molecule has 0 saturated carbocycles. The molecule has 3 rings (SSSR count). The third kappa shape index (κ3) is 2.68. The quantitative estimate of drug-likeness (QED) is 0.616. The van der Waals surface area contributed by atoms with Crippen LogP contribution < -0.4 is 5.32 Å². The number of aromatic nitrogens is 1. The lowest BCUT2D eigenvalue weighted by atomic mass is 10.2. The molecule has 0 aliphatic carbocycles. The van der Waals surface area contributed by atoms with E-state index in [0.29, 0.717) is 27.4 Å². The van der Waals surface area contributed by atoms with Crippen molar-refractivity contribution in [3.05, 3.63) is 51.0 Å². The van der Waals surface area contributed by atoms with Gasteiger partial charge >= 0.3 is 5.97 Å². The van der Waals surface area contributed by atoms with E-state index in [-0.39, 0.29) is 5.76 Å². The summed E-state index contributed by atoms with van der Waals surface area (Å²) in [5, 5.41) is 13.4. The van der Waals surface area contributed by atoms with Gasteiger partial charge in [-0.05, 0) is 46.9 Å². The number of halogens is 2. The van der Waals surface area contributed by atoms with Crippen molar-refractivity contribution in [2.45, 2.75) is 0 Å². The molecule has 2 heterocycles. The highest BCUT2D eigenvalue weighted by atomic mass is 127. The Labute approximate surface area is 138 Å². The number of benzene rings is 1. The van der Waals surface area contributed by atoms with Gasteiger partial charge in [-0.3, -0.25) is 4.98 Å². The van der Waals surface area contributed by atoms with Gasteiger partial charge in [0.25, 0.3) is 0 Å². The molecular formula is C14H8ClIN2O3. The van der Waals surface area contributed by atoms with Gasteiger partial charge in [0, 0.05) is 16.0 Å². The van der Waals surface area contributed by atoms with E-state index in [4.69, 9.17) is 16.0 Å². The second-order valence-corrected chi connectivity index (χ2v) is 5.89. The number of nitrogens with zero attached hydrogens (tertiary/aromatic N) is 1. The van der Waals surface area contributed by atoms with Gasteiger partial charge in [-0.25, -0.2) is 4.79 Å². The molecular weight excluding hydrogens is 407 g/mol. The summed E-state index contributed by atoms with van der Waals surface area (Å²) < 4.78 is 6.34. The number of furan rings is 1. The van der Waals surface area contributed by atoms with E-state index < -0.39 is 5.97 Å². The zero-order chi connectivity index (χ0) is 15.0. The third-order valence-electron chi connectivity index (χ3n) is 2.87. The van der Waals surface area contributed by atoms with Gasteiger partial charge in [0.2, 0.25) is 5.76 Å². The first-order valence-electron chi connectivity index (χ1n) is 5.88. The highest BCUT2D eigenvalue weighted by Gasteiger charge is 2.20. The zero-order valence-electron chi connectivity index (χ0n) is 10.4. The van der Waals surface area contributed by atoms with Gasteiger partial charge in [-0.2, -0.15) is 0 Å². The average molecular weight is 415 g/mol. The van der Waals surface area contributed by atoms with Crippen LogP contribution in [0.15, 0.2) is 41.1 Å². The second kappa shape index (κ2) is 5.53. The fourth-order valence-corrected chi connectivity index (χ4v) is 2.85. The molecule has 1 aromatic carbocycles. The Morgan fingerprint density at radius 1 is 1.38 bits per heavy atom. The van der Waals surface area contributed by atoms with Gasteiger partial charge in [0.1, 0.15) is 11.3 Å². The molecule has 2 N–H and O–H groups in total. The SMILES string of the molecule is O=C(O)c1oc2ccncc2c1Nc1ccc(I)cc1Cl. The molecule has 0 bridgehead atoms. The van der Waals surface area contributed by atoms with Crippen LogP contribution in [0.2, 0.25) is 5.02 Å². The standard InChI is InChI=1S/C14H8ClIN2O3/c15-9-5-7(16)1-2-10(9)18-12-8-6-17-4-3-11(8)21-13(12)14(19)20/h1-6,18H,(H,19,20). The van der Waals surface area contributed by atoms with Gasteiger partial charge in [0.15, 0.2) is 0 Å². The Morgan fingerprint density at radius 3 is 2.90 bits per heavy atom. The zero-order valence-corrected chi connectivity index (χ0v) is 13.3. The minimum Gasteiger partial charge on any atom is -0.475 e. The maximum absolute atomic E-state index is 11.3. The molecule has 3 aromatic rings. The molecule has 0 spiro atoms. The van der Waals surface area contributed by atoms with Gasteiger partial charge in [0.05, 0.1) is 16.1 Å². The van der Waals surface area contributed by atoms with E-state index in [1.54, 1.807) is 30.6 Å². The summed E-state index contributed by atoms with van der Waals surface area (Å²) in [6.45, 7) is 0. The Bertz CT molecular complexity index is 847. The van der Waals surface area contributed by atoms with Gasteiger partial charge < -0.3 is 14.8 Å².